The van der Waals surface area contributed by atoms with Crippen molar-refractivity contribution < 1.29 is 33.4 Å². The van der Waals surface area contributed by atoms with Crippen LogP contribution in [0.5, 0.6) is 23.0 Å². The van der Waals surface area contributed by atoms with E-state index < -0.39 is 0 Å². The second-order valence-corrected chi connectivity index (χ2v) is 12.5. The molecule has 4 aliphatic heterocycles. The van der Waals surface area contributed by atoms with Crippen molar-refractivity contribution in [1.82, 2.24) is 25.0 Å². The molecule has 4 aliphatic rings. The second kappa shape index (κ2) is 13.2. The molecule has 4 aromatic rings. The van der Waals surface area contributed by atoms with Gasteiger partial charge < -0.3 is 33.6 Å². The van der Waals surface area contributed by atoms with E-state index in [-0.39, 0.29) is 36.6 Å². The molecule has 3 atom stereocenters. The van der Waals surface area contributed by atoms with Gasteiger partial charge in [-0.3, -0.25) is 19.6 Å². The van der Waals surface area contributed by atoms with Gasteiger partial charge in [0.2, 0.25) is 0 Å². The maximum Gasteiger partial charge on any atom is 0.256 e. The number of aromatic nitrogens is 3. The molecule has 0 N–H and O–H groups in total. The average Bonchev–Trinajstić information content (AvgIpc) is 3.88. The average molecular weight is 678 g/mol. The first kappa shape index (κ1) is 31.4. The van der Waals surface area contributed by atoms with Gasteiger partial charge in [0, 0.05) is 37.5 Å². The third kappa shape index (κ3) is 5.97. The monoisotopic (exact) mass is 677 g/mol. The van der Waals surface area contributed by atoms with Crippen molar-refractivity contribution in [2.24, 2.45) is 9.98 Å². The molecule has 14 heteroatoms. The van der Waals surface area contributed by atoms with Crippen molar-refractivity contribution in [2.75, 3.05) is 27.3 Å². The van der Waals surface area contributed by atoms with Crippen molar-refractivity contribution >= 4 is 35.6 Å². The number of methoxy groups -OCH3 is 2. The van der Waals surface area contributed by atoms with Crippen molar-refractivity contribution in [3.8, 4) is 23.0 Å². The number of benzene rings is 3. The lowest BCUT2D eigenvalue weighted by Crippen LogP contribution is -2.36. The van der Waals surface area contributed by atoms with Gasteiger partial charge in [-0.05, 0) is 35.8 Å². The summed E-state index contributed by atoms with van der Waals surface area (Å²) in [4.78, 5) is 47.1. The Morgan fingerprint density at radius 2 is 1.44 bits per heavy atom. The summed E-state index contributed by atoms with van der Waals surface area (Å²) in [6.07, 6.45) is 7.27. The number of ether oxygens (including phenoxy) is 4. The maximum atomic E-state index is 13.7. The second-order valence-electron chi connectivity index (χ2n) is 12.5. The topological polar surface area (TPSA) is 142 Å². The summed E-state index contributed by atoms with van der Waals surface area (Å²) in [6, 6.07) is 16.4. The molecule has 1 aromatic heterocycles. The summed E-state index contributed by atoms with van der Waals surface area (Å²) in [5, 5.41) is 8.31. The van der Waals surface area contributed by atoms with E-state index >= 15 is 0 Å². The van der Waals surface area contributed by atoms with Crippen LogP contribution in [-0.2, 0) is 13.2 Å². The molecule has 2 fully saturated rings. The third-order valence-electron chi connectivity index (χ3n) is 9.31. The highest BCUT2D eigenvalue weighted by Gasteiger charge is 2.39. The lowest BCUT2D eigenvalue weighted by molar-refractivity contribution is 0.0173. The first-order valence-corrected chi connectivity index (χ1v) is 16.5. The molecule has 0 radical (unpaired) electrons. The smallest absolute Gasteiger partial charge is 0.256 e. The Hall–Kier alpha value is -5.92. The number of carbonyl (C=O) groups is 2. The summed E-state index contributed by atoms with van der Waals surface area (Å²) >= 11 is 0. The van der Waals surface area contributed by atoms with Gasteiger partial charge >= 0.3 is 0 Å². The zero-order valence-corrected chi connectivity index (χ0v) is 27.6. The number of carbonyl (C=O) groups excluding carboxylic acids is 2. The molecule has 0 aliphatic carbocycles. The van der Waals surface area contributed by atoms with Crippen molar-refractivity contribution in [3.05, 3.63) is 83.2 Å². The van der Waals surface area contributed by atoms with E-state index in [1.165, 1.54) is 12.0 Å². The zero-order valence-electron chi connectivity index (χ0n) is 27.6. The minimum absolute atomic E-state index is 0.00812. The van der Waals surface area contributed by atoms with Gasteiger partial charge in [-0.15, -0.1) is 5.10 Å². The summed E-state index contributed by atoms with van der Waals surface area (Å²) in [5.41, 5.74) is 3.51. The van der Waals surface area contributed by atoms with Crippen LogP contribution in [0.1, 0.15) is 51.2 Å². The highest BCUT2D eigenvalue weighted by molar-refractivity contribution is 6.04. The van der Waals surface area contributed by atoms with Crippen molar-refractivity contribution in [3.63, 3.8) is 0 Å². The first-order chi connectivity index (χ1) is 24.5. The van der Waals surface area contributed by atoms with Gasteiger partial charge in [-0.1, -0.05) is 35.2 Å². The van der Waals surface area contributed by atoms with Gasteiger partial charge in [0.25, 0.3) is 11.8 Å². The van der Waals surface area contributed by atoms with Crippen LogP contribution in [0.25, 0.3) is 0 Å². The fraction of sp³-hybridized carbons (Fsp3) is 0.333. The molecule has 0 saturated carbocycles. The Bertz CT molecular complexity index is 2000. The van der Waals surface area contributed by atoms with Crippen LogP contribution < -0.4 is 23.8 Å². The van der Waals surface area contributed by atoms with E-state index in [1.807, 2.05) is 41.4 Å². The standard InChI is InChI=1S/C36H35N7O7/c1-46-31-13-28-30(14-33(31)48-20-22-7-4-3-5-8-22)38-17-25-11-26(19-42(25)36(28)45)50-43-18-23(39-40-43)21-49-34-15-29-27(12-32(34)47-2)35(44)41-10-6-9-24(41)16-37-29/h3-5,7-8,12-18,24-26H,6,9-11,19-21H2,1-2H3/t24-,25-,26-/m0/s1. The minimum atomic E-state index is -0.349. The maximum absolute atomic E-state index is 13.7. The van der Waals surface area contributed by atoms with Crippen molar-refractivity contribution in [2.45, 2.75) is 50.7 Å². The van der Waals surface area contributed by atoms with E-state index in [0.717, 1.165) is 18.4 Å². The Kier molecular flexibility index (Phi) is 8.26. The number of fused-ring (bicyclic) bond motifs is 4. The molecule has 5 heterocycles. The highest BCUT2D eigenvalue weighted by Crippen LogP contribution is 2.40. The Morgan fingerprint density at radius 1 is 0.780 bits per heavy atom. The SMILES string of the molecule is COc1cc2c(cc1OCc1ccccc1)N=C[C@@H]1C[C@H](On3cc(COc4cc5c(cc4OC)C(=O)N4CCC[C@H]4C=N5)nn3)CN1C2=O. The van der Waals surface area contributed by atoms with Crippen LogP contribution in [0, 0.1) is 0 Å². The summed E-state index contributed by atoms with van der Waals surface area (Å²) in [6.45, 7) is 1.48. The summed E-state index contributed by atoms with van der Waals surface area (Å²) < 4.78 is 23.2. The van der Waals surface area contributed by atoms with E-state index in [0.29, 0.717) is 77.3 Å². The van der Waals surface area contributed by atoms with E-state index in [4.69, 9.17) is 23.8 Å². The molecule has 3 aromatic carbocycles. The molecule has 0 bridgehead atoms. The van der Waals surface area contributed by atoms with Crippen LogP contribution in [0.3, 0.4) is 0 Å². The van der Waals surface area contributed by atoms with Gasteiger partial charge in [-0.25, -0.2) is 0 Å². The van der Waals surface area contributed by atoms with Gasteiger partial charge in [-0.2, -0.15) is 0 Å². The first-order valence-electron chi connectivity index (χ1n) is 16.5. The Balaban J connectivity index is 0.913. The highest BCUT2D eigenvalue weighted by atomic mass is 16.7. The number of rotatable bonds is 10. The number of nitrogens with zero attached hydrogens (tertiary/aromatic N) is 7. The molecular weight excluding hydrogens is 642 g/mol. The normalized spacial score (nSPS) is 20.4. The number of hydrogen-bond donors (Lipinski definition) is 0. The molecule has 50 heavy (non-hydrogen) atoms. The van der Waals surface area contributed by atoms with Crippen LogP contribution in [0.15, 0.2) is 70.8 Å². The number of amides is 2. The van der Waals surface area contributed by atoms with Crippen LogP contribution in [0.2, 0.25) is 0 Å². The quantitative estimate of drug-likeness (QED) is 0.241. The fourth-order valence-electron chi connectivity index (χ4n) is 6.76. The van der Waals surface area contributed by atoms with Crippen molar-refractivity contribution in [1.29, 1.82) is 0 Å². The molecule has 256 valence electrons. The largest absolute Gasteiger partial charge is 0.493 e. The zero-order chi connectivity index (χ0) is 34.2. The molecule has 2 saturated heterocycles. The lowest BCUT2D eigenvalue weighted by Gasteiger charge is -2.20. The predicted molar refractivity (Wildman–Crippen MR) is 181 cm³/mol. The molecule has 2 amide bonds. The minimum Gasteiger partial charge on any atom is -0.493 e. The number of aliphatic imine (C=N–C) groups is 2. The van der Waals surface area contributed by atoms with Gasteiger partial charge in [0.1, 0.15) is 25.0 Å². The third-order valence-corrected chi connectivity index (χ3v) is 9.31. The van der Waals surface area contributed by atoms with E-state index in [2.05, 4.69) is 20.3 Å². The molecule has 8 rings (SSSR count). The summed E-state index contributed by atoms with van der Waals surface area (Å²) in [7, 11) is 3.08. The molecule has 0 unspecified atom stereocenters. The number of hydrogen-bond acceptors (Lipinski definition) is 11. The Morgan fingerprint density at radius 3 is 2.14 bits per heavy atom. The van der Waals surface area contributed by atoms with Crippen LogP contribution in [0.4, 0.5) is 11.4 Å². The predicted octanol–water partition coefficient (Wildman–Crippen LogP) is 4.20. The molecular formula is C36H35N7O7. The fourth-order valence-corrected chi connectivity index (χ4v) is 6.76. The van der Waals surface area contributed by atoms with Crippen LogP contribution in [-0.4, -0.2) is 94.7 Å². The lowest BCUT2D eigenvalue weighted by atomic mass is 10.1. The van der Waals surface area contributed by atoms with Gasteiger partial charge in [0.05, 0.1) is 61.5 Å². The van der Waals surface area contributed by atoms with Crippen LogP contribution >= 0.6 is 0 Å². The summed E-state index contributed by atoms with van der Waals surface area (Å²) in [5.74, 6) is 1.60. The van der Waals surface area contributed by atoms with E-state index in [9.17, 15) is 9.59 Å². The Labute approximate surface area is 287 Å². The molecule has 14 nitrogen and oxygen atoms in total. The molecule has 0 spiro atoms. The van der Waals surface area contributed by atoms with E-state index in [1.54, 1.807) is 48.7 Å². The van der Waals surface area contributed by atoms with Gasteiger partial charge in [0.15, 0.2) is 23.0 Å².